The average molecular weight is 345 g/mol. The van der Waals surface area contributed by atoms with Crippen molar-refractivity contribution in [1.82, 2.24) is 5.32 Å². The Labute approximate surface area is 145 Å². The van der Waals surface area contributed by atoms with Crippen LogP contribution in [0, 0.1) is 11.8 Å². The van der Waals surface area contributed by atoms with Crippen LogP contribution in [0.2, 0.25) is 5.02 Å². The molecule has 0 aliphatic heterocycles. The Balaban J connectivity index is 1.90. The molecule has 6 heteroatoms. The molecule has 5 nitrogen and oxygen atoms in total. The summed E-state index contributed by atoms with van der Waals surface area (Å²) in [6.07, 6.45) is 0. The first-order valence-electron chi connectivity index (χ1n) is 7.13. The molecular formula is C18H17ClN2O3. The summed E-state index contributed by atoms with van der Waals surface area (Å²) in [7, 11) is 3.09. The number of rotatable bonds is 4. The Morgan fingerprint density at radius 2 is 1.83 bits per heavy atom. The van der Waals surface area contributed by atoms with Crippen LogP contribution in [0.25, 0.3) is 0 Å². The van der Waals surface area contributed by atoms with Gasteiger partial charge in [-0.25, -0.2) is 4.79 Å². The average Bonchev–Trinajstić information content (AvgIpc) is 2.58. The third kappa shape index (κ3) is 5.41. The van der Waals surface area contributed by atoms with E-state index in [-0.39, 0.29) is 12.6 Å². The van der Waals surface area contributed by atoms with E-state index >= 15 is 0 Å². The number of urea groups is 1. The molecule has 0 aromatic heterocycles. The summed E-state index contributed by atoms with van der Waals surface area (Å²) in [6, 6.07) is 12.0. The van der Waals surface area contributed by atoms with E-state index in [4.69, 9.17) is 21.1 Å². The van der Waals surface area contributed by atoms with Crippen LogP contribution in [0.4, 0.5) is 10.5 Å². The summed E-state index contributed by atoms with van der Waals surface area (Å²) < 4.78 is 10.3. The van der Waals surface area contributed by atoms with E-state index in [0.29, 0.717) is 22.2 Å². The van der Waals surface area contributed by atoms with Crippen LogP contribution in [0.5, 0.6) is 11.5 Å². The molecule has 0 aliphatic rings. The molecule has 0 fully saturated rings. The normalized spacial score (nSPS) is 9.46. The number of hydrogen-bond acceptors (Lipinski definition) is 3. The molecule has 0 aliphatic carbocycles. The van der Waals surface area contributed by atoms with Crippen molar-refractivity contribution < 1.29 is 14.3 Å². The van der Waals surface area contributed by atoms with Crippen LogP contribution < -0.4 is 20.1 Å². The predicted octanol–water partition coefficient (Wildman–Crippen LogP) is 3.53. The lowest BCUT2D eigenvalue weighted by Gasteiger charge is -2.09. The second kappa shape index (κ2) is 8.70. The smallest absolute Gasteiger partial charge is 0.319 e. The molecule has 0 saturated heterocycles. The number of halogens is 1. The Morgan fingerprint density at radius 3 is 2.46 bits per heavy atom. The number of hydrogen-bond donors (Lipinski definition) is 2. The molecule has 2 N–H and O–H groups in total. The Hall–Kier alpha value is -2.84. The van der Waals surface area contributed by atoms with Gasteiger partial charge in [-0.1, -0.05) is 29.5 Å². The number of amides is 2. The predicted molar refractivity (Wildman–Crippen MR) is 94.9 cm³/mol. The molecule has 0 heterocycles. The van der Waals surface area contributed by atoms with E-state index in [2.05, 4.69) is 22.5 Å². The summed E-state index contributed by atoms with van der Waals surface area (Å²) in [4.78, 5) is 11.9. The van der Waals surface area contributed by atoms with Crippen molar-refractivity contribution in [2.24, 2.45) is 0 Å². The van der Waals surface area contributed by atoms with Gasteiger partial charge in [-0.15, -0.1) is 0 Å². The lowest BCUT2D eigenvalue weighted by atomic mass is 10.2. The molecule has 2 amide bonds. The Bertz CT molecular complexity index is 759. The van der Waals surface area contributed by atoms with Gasteiger partial charge in [0.15, 0.2) is 0 Å². The number of carbonyl (C=O) groups is 1. The zero-order valence-corrected chi connectivity index (χ0v) is 14.1. The molecule has 0 atom stereocenters. The SMILES string of the molecule is COc1cc(NC(=O)NCC#Cc2cccc(Cl)c2)cc(OC)c1. The lowest BCUT2D eigenvalue weighted by Crippen LogP contribution is -2.28. The molecule has 24 heavy (non-hydrogen) atoms. The Kier molecular flexibility index (Phi) is 6.35. The molecular weight excluding hydrogens is 328 g/mol. The molecule has 0 radical (unpaired) electrons. The summed E-state index contributed by atoms with van der Waals surface area (Å²) in [5, 5.41) is 5.98. The quantitative estimate of drug-likeness (QED) is 0.834. The molecule has 0 saturated carbocycles. The number of nitrogens with one attached hydrogen (secondary N) is 2. The van der Waals surface area contributed by atoms with Crippen molar-refractivity contribution in [3.8, 4) is 23.3 Å². The number of methoxy groups -OCH3 is 2. The van der Waals surface area contributed by atoms with Gasteiger partial charge in [0.2, 0.25) is 0 Å². The fourth-order valence-electron chi connectivity index (χ4n) is 1.89. The van der Waals surface area contributed by atoms with E-state index < -0.39 is 0 Å². The highest BCUT2D eigenvalue weighted by molar-refractivity contribution is 6.30. The van der Waals surface area contributed by atoms with Gasteiger partial charge in [-0.2, -0.15) is 0 Å². The van der Waals surface area contributed by atoms with Crippen molar-refractivity contribution in [2.45, 2.75) is 0 Å². The number of benzene rings is 2. The fraction of sp³-hybridized carbons (Fsp3) is 0.167. The van der Waals surface area contributed by atoms with E-state index in [1.807, 2.05) is 12.1 Å². The molecule has 2 aromatic rings. The minimum atomic E-state index is -0.370. The van der Waals surface area contributed by atoms with Crippen molar-refractivity contribution in [2.75, 3.05) is 26.1 Å². The second-order valence-electron chi connectivity index (χ2n) is 4.72. The molecule has 0 unspecified atom stereocenters. The summed E-state index contributed by atoms with van der Waals surface area (Å²) >= 11 is 5.88. The van der Waals surface area contributed by atoms with Gasteiger partial charge < -0.3 is 20.1 Å². The van der Waals surface area contributed by atoms with Gasteiger partial charge in [0.25, 0.3) is 0 Å². The van der Waals surface area contributed by atoms with Crippen molar-refractivity contribution in [1.29, 1.82) is 0 Å². The van der Waals surface area contributed by atoms with Crippen LogP contribution in [-0.2, 0) is 0 Å². The van der Waals surface area contributed by atoms with Gasteiger partial charge >= 0.3 is 6.03 Å². The van der Waals surface area contributed by atoms with Gasteiger partial charge in [-0.05, 0) is 18.2 Å². The highest BCUT2D eigenvalue weighted by Gasteiger charge is 2.05. The monoisotopic (exact) mass is 344 g/mol. The van der Waals surface area contributed by atoms with Crippen LogP contribution in [0.15, 0.2) is 42.5 Å². The van der Waals surface area contributed by atoms with Gasteiger partial charge in [-0.3, -0.25) is 0 Å². The molecule has 124 valence electrons. The van der Waals surface area contributed by atoms with Crippen LogP contribution in [-0.4, -0.2) is 26.8 Å². The minimum Gasteiger partial charge on any atom is -0.497 e. The van der Waals surface area contributed by atoms with Gasteiger partial charge in [0, 0.05) is 34.5 Å². The fourth-order valence-corrected chi connectivity index (χ4v) is 2.08. The highest BCUT2D eigenvalue weighted by atomic mass is 35.5. The molecule has 0 bridgehead atoms. The third-order valence-electron chi connectivity index (χ3n) is 3.00. The number of ether oxygens (including phenoxy) is 2. The first-order valence-corrected chi connectivity index (χ1v) is 7.51. The first-order chi connectivity index (χ1) is 11.6. The first kappa shape index (κ1) is 17.5. The number of carbonyl (C=O) groups excluding carboxylic acids is 1. The molecule has 2 rings (SSSR count). The van der Waals surface area contributed by atoms with E-state index in [9.17, 15) is 4.79 Å². The van der Waals surface area contributed by atoms with E-state index in [0.717, 1.165) is 5.56 Å². The third-order valence-corrected chi connectivity index (χ3v) is 3.24. The number of anilines is 1. The minimum absolute atomic E-state index is 0.208. The van der Waals surface area contributed by atoms with E-state index in [1.54, 1.807) is 44.6 Å². The van der Waals surface area contributed by atoms with E-state index in [1.165, 1.54) is 0 Å². The lowest BCUT2D eigenvalue weighted by molar-refractivity contribution is 0.253. The van der Waals surface area contributed by atoms with Gasteiger partial charge in [0.05, 0.1) is 20.8 Å². The highest BCUT2D eigenvalue weighted by Crippen LogP contribution is 2.25. The maximum absolute atomic E-state index is 11.9. The second-order valence-corrected chi connectivity index (χ2v) is 5.16. The molecule has 2 aromatic carbocycles. The Morgan fingerprint density at radius 1 is 1.12 bits per heavy atom. The van der Waals surface area contributed by atoms with Crippen LogP contribution >= 0.6 is 11.6 Å². The molecule has 0 spiro atoms. The topological polar surface area (TPSA) is 59.6 Å². The largest absolute Gasteiger partial charge is 0.497 e. The van der Waals surface area contributed by atoms with Crippen molar-refractivity contribution in [3.05, 3.63) is 53.1 Å². The zero-order valence-electron chi connectivity index (χ0n) is 13.4. The summed E-state index contributed by atoms with van der Waals surface area (Å²) in [5.41, 5.74) is 1.36. The summed E-state index contributed by atoms with van der Waals surface area (Å²) in [5.74, 6) is 6.96. The van der Waals surface area contributed by atoms with Crippen LogP contribution in [0.1, 0.15) is 5.56 Å². The zero-order chi connectivity index (χ0) is 17.4. The maximum atomic E-state index is 11.9. The summed E-state index contributed by atoms with van der Waals surface area (Å²) in [6.45, 7) is 0.208. The standard InChI is InChI=1S/C18H17ClN2O3/c1-23-16-10-15(11-17(12-16)24-2)21-18(22)20-8-4-6-13-5-3-7-14(19)9-13/h3,5,7,9-12H,8H2,1-2H3,(H2,20,21,22). The van der Waals surface area contributed by atoms with Gasteiger partial charge in [0.1, 0.15) is 11.5 Å². The maximum Gasteiger partial charge on any atom is 0.319 e. The van der Waals surface area contributed by atoms with Crippen molar-refractivity contribution >= 4 is 23.3 Å². The van der Waals surface area contributed by atoms with Crippen molar-refractivity contribution in [3.63, 3.8) is 0 Å². The van der Waals surface area contributed by atoms with Crippen LogP contribution in [0.3, 0.4) is 0 Å².